The van der Waals surface area contributed by atoms with E-state index in [1.54, 1.807) is 48.5 Å². The van der Waals surface area contributed by atoms with Crippen LogP contribution in [0, 0.1) is 11.3 Å². The van der Waals surface area contributed by atoms with Crippen LogP contribution in [-0.4, -0.2) is 20.0 Å². The van der Waals surface area contributed by atoms with E-state index in [2.05, 4.69) is 0 Å². The van der Waals surface area contributed by atoms with Gasteiger partial charge in [-0.3, -0.25) is 4.79 Å². The lowest BCUT2D eigenvalue weighted by Gasteiger charge is -2.18. The maximum Gasteiger partial charge on any atom is 0.187 e. The van der Waals surface area contributed by atoms with E-state index in [0.717, 1.165) is 11.3 Å². The molecule has 0 fully saturated rings. The van der Waals surface area contributed by atoms with Crippen molar-refractivity contribution < 1.29 is 13.2 Å². The molecule has 1 aromatic heterocycles. The Kier molecular flexibility index (Phi) is 6.21. The Labute approximate surface area is 176 Å². The number of thiophene rings is 1. The van der Waals surface area contributed by atoms with Crippen LogP contribution < -0.4 is 0 Å². The minimum absolute atomic E-state index is 0.242. The minimum Gasteiger partial charge on any atom is -0.292 e. The van der Waals surface area contributed by atoms with Crippen molar-refractivity contribution in [2.45, 2.75) is 5.25 Å². The highest BCUT2D eigenvalue weighted by Gasteiger charge is 2.32. The maximum absolute atomic E-state index is 13.2. The number of Topliss-reactive ketones (excluding diaryl/α,β-unsaturated/α-hetero) is 1. The number of hydrogen-bond donors (Lipinski definition) is 0. The summed E-state index contributed by atoms with van der Waals surface area (Å²) in [7, 11) is -3.91. The highest BCUT2D eigenvalue weighted by Crippen LogP contribution is 2.33. The summed E-state index contributed by atoms with van der Waals surface area (Å²) in [5, 5.41) is 8.83. The number of carbonyl (C=O) groups is 1. The molecule has 1 heterocycles. The predicted molar refractivity (Wildman–Crippen MR) is 112 cm³/mol. The number of ketones is 1. The maximum atomic E-state index is 13.2. The molecule has 0 bridgehead atoms. The molecule has 0 atom stereocenters. The van der Waals surface area contributed by atoms with Crippen LogP contribution in [0.3, 0.4) is 0 Å². The van der Waals surface area contributed by atoms with Gasteiger partial charge in [-0.1, -0.05) is 47.5 Å². The highest BCUT2D eigenvalue weighted by atomic mass is 35.5. The summed E-state index contributed by atoms with van der Waals surface area (Å²) in [6.45, 7) is 0. The molecule has 28 heavy (non-hydrogen) atoms. The molecule has 3 rings (SSSR count). The van der Waals surface area contributed by atoms with E-state index in [-0.39, 0.29) is 4.88 Å². The number of rotatable bonds is 6. The van der Waals surface area contributed by atoms with Gasteiger partial charge in [-0.2, -0.15) is 5.26 Å². The Morgan fingerprint density at radius 1 is 0.929 bits per heavy atom. The third-order valence-electron chi connectivity index (χ3n) is 4.03. The van der Waals surface area contributed by atoms with Gasteiger partial charge in [0.1, 0.15) is 21.9 Å². The molecule has 4 nitrogen and oxygen atoms in total. The smallest absolute Gasteiger partial charge is 0.187 e. The summed E-state index contributed by atoms with van der Waals surface area (Å²) in [4.78, 5) is 13.1. The monoisotopic (exact) mass is 449 g/mol. The van der Waals surface area contributed by atoms with Crippen LogP contribution >= 0.6 is 34.5 Å². The first kappa shape index (κ1) is 20.6. The molecule has 0 unspecified atom stereocenters. The van der Waals surface area contributed by atoms with Crippen LogP contribution in [0.4, 0.5) is 0 Å². The van der Waals surface area contributed by atoms with Gasteiger partial charge in [-0.25, -0.2) is 8.42 Å². The highest BCUT2D eigenvalue weighted by molar-refractivity contribution is 7.92. The number of sulfone groups is 1. The van der Waals surface area contributed by atoms with Gasteiger partial charge in [-0.15, -0.1) is 11.3 Å². The van der Waals surface area contributed by atoms with E-state index < -0.39 is 26.6 Å². The number of halogens is 2. The van der Waals surface area contributed by atoms with Crippen LogP contribution in [0.25, 0.3) is 0 Å². The standard InChI is InChI=1S/C20H13Cl2NO3S2/c21-15-5-1-13(2-6-15)20(14-3-7-16(22)8-4-14)28(25,26)12-18(24)19-10-9-17(11-23)27-19/h1-10,20H,12H2. The van der Waals surface area contributed by atoms with Crippen LogP contribution in [0.2, 0.25) is 10.0 Å². The summed E-state index contributed by atoms with van der Waals surface area (Å²) < 4.78 is 26.4. The molecule has 0 radical (unpaired) electrons. The molecule has 8 heteroatoms. The van der Waals surface area contributed by atoms with Crippen molar-refractivity contribution in [2.75, 3.05) is 5.75 Å². The average molecular weight is 450 g/mol. The van der Waals surface area contributed by atoms with Gasteiger partial charge < -0.3 is 0 Å². The van der Waals surface area contributed by atoms with Crippen LogP contribution in [0.15, 0.2) is 60.7 Å². The number of carbonyl (C=O) groups excluding carboxylic acids is 1. The first-order valence-electron chi connectivity index (χ1n) is 8.06. The van der Waals surface area contributed by atoms with E-state index >= 15 is 0 Å². The predicted octanol–water partition coefficient (Wildman–Crippen LogP) is 5.31. The Balaban J connectivity index is 2.00. The van der Waals surface area contributed by atoms with Crippen LogP contribution in [0.1, 0.15) is 30.9 Å². The SMILES string of the molecule is N#Cc1ccc(C(=O)CS(=O)(=O)C(c2ccc(Cl)cc2)c2ccc(Cl)cc2)s1. The zero-order valence-electron chi connectivity index (χ0n) is 14.3. The Morgan fingerprint density at radius 3 is 1.86 bits per heavy atom. The van der Waals surface area contributed by atoms with E-state index in [9.17, 15) is 13.2 Å². The topological polar surface area (TPSA) is 75.0 Å². The molecule has 0 aliphatic heterocycles. The zero-order chi connectivity index (χ0) is 20.3. The quantitative estimate of drug-likeness (QED) is 0.477. The van der Waals surface area contributed by atoms with Gasteiger partial charge in [0.15, 0.2) is 15.6 Å². The van der Waals surface area contributed by atoms with Gasteiger partial charge in [0.25, 0.3) is 0 Å². The number of nitriles is 1. The van der Waals surface area contributed by atoms with Gasteiger partial charge in [0, 0.05) is 10.0 Å². The van der Waals surface area contributed by atoms with Crippen molar-refractivity contribution >= 4 is 50.2 Å². The second kappa shape index (κ2) is 8.46. The third kappa shape index (κ3) is 4.62. The average Bonchev–Trinajstić information content (AvgIpc) is 3.14. The molecule has 2 aromatic carbocycles. The fourth-order valence-corrected chi connectivity index (χ4v) is 5.68. The molecular formula is C20H13Cl2NO3S2. The van der Waals surface area contributed by atoms with Crippen molar-refractivity contribution in [2.24, 2.45) is 0 Å². The van der Waals surface area contributed by atoms with E-state index in [0.29, 0.717) is 26.0 Å². The fraction of sp³-hybridized carbons (Fsp3) is 0.100. The van der Waals surface area contributed by atoms with Crippen LogP contribution in [0.5, 0.6) is 0 Å². The van der Waals surface area contributed by atoms with Crippen LogP contribution in [-0.2, 0) is 9.84 Å². The second-order valence-corrected chi connectivity index (χ2v) is 10.0. The van der Waals surface area contributed by atoms with Crippen molar-refractivity contribution in [3.63, 3.8) is 0 Å². The lowest BCUT2D eigenvalue weighted by molar-refractivity contribution is 0.102. The molecule has 0 aliphatic rings. The van der Waals surface area contributed by atoms with Gasteiger partial charge in [0.2, 0.25) is 0 Å². The Morgan fingerprint density at radius 2 is 1.43 bits per heavy atom. The fourth-order valence-electron chi connectivity index (χ4n) is 2.77. The van der Waals surface area contributed by atoms with Gasteiger partial charge >= 0.3 is 0 Å². The van der Waals surface area contributed by atoms with Crippen molar-refractivity contribution in [1.29, 1.82) is 5.26 Å². The Bertz CT molecular complexity index is 1100. The van der Waals surface area contributed by atoms with E-state index in [1.807, 2.05) is 6.07 Å². The van der Waals surface area contributed by atoms with Crippen molar-refractivity contribution in [3.8, 4) is 6.07 Å². The first-order valence-corrected chi connectivity index (χ1v) is 11.3. The first-order chi connectivity index (χ1) is 13.3. The largest absolute Gasteiger partial charge is 0.292 e. The number of hydrogen-bond acceptors (Lipinski definition) is 5. The van der Waals surface area contributed by atoms with E-state index in [4.69, 9.17) is 28.5 Å². The molecule has 0 N–H and O–H groups in total. The summed E-state index contributed by atoms with van der Waals surface area (Å²) in [5.74, 6) is -1.21. The summed E-state index contributed by atoms with van der Waals surface area (Å²) in [5.41, 5.74) is 1.01. The van der Waals surface area contributed by atoms with E-state index in [1.165, 1.54) is 12.1 Å². The lowest BCUT2D eigenvalue weighted by Crippen LogP contribution is -2.23. The molecule has 3 aromatic rings. The molecule has 0 saturated heterocycles. The normalized spacial score (nSPS) is 11.4. The second-order valence-electron chi connectivity index (χ2n) is 5.99. The third-order valence-corrected chi connectivity index (χ3v) is 7.49. The zero-order valence-corrected chi connectivity index (χ0v) is 17.4. The summed E-state index contributed by atoms with van der Waals surface area (Å²) >= 11 is 12.8. The minimum atomic E-state index is -3.91. The molecule has 0 aliphatic carbocycles. The number of nitrogens with zero attached hydrogens (tertiary/aromatic N) is 1. The molecular weight excluding hydrogens is 437 g/mol. The van der Waals surface area contributed by atoms with Gasteiger partial charge in [-0.05, 0) is 47.5 Å². The molecule has 142 valence electrons. The van der Waals surface area contributed by atoms with Crippen molar-refractivity contribution in [1.82, 2.24) is 0 Å². The summed E-state index contributed by atoms with van der Waals surface area (Å²) in [6.07, 6.45) is 0. The Hall–Kier alpha value is -2.17. The molecule has 0 saturated carbocycles. The van der Waals surface area contributed by atoms with Crippen molar-refractivity contribution in [3.05, 3.63) is 91.6 Å². The number of benzene rings is 2. The molecule has 0 spiro atoms. The summed E-state index contributed by atoms with van der Waals surface area (Å²) in [6, 6.07) is 17.9. The van der Waals surface area contributed by atoms with Gasteiger partial charge in [0.05, 0.1) is 4.88 Å². The lowest BCUT2D eigenvalue weighted by atomic mass is 10.0. The molecule has 0 amide bonds.